The van der Waals surface area contributed by atoms with Crippen molar-refractivity contribution in [3.05, 3.63) is 71.4 Å². The molecule has 1 heterocycles. The number of rotatable bonds is 7. The van der Waals surface area contributed by atoms with Gasteiger partial charge in [0.15, 0.2) is 0 Å². The minimum absolute atomic E-state index is 0.238. The standard InChI is InChI=1S/C20H20F2N4O/c1-13-11-18(25-19-16(21)7-4-8-17(19)22)26-20(24-13)23-10-9-14-5-3-6-15(12-14)27-2/h3-8,11-12H,9-10H2,1-2H3,(H2,23,24,25,26). The zero-order chi connectivity index (χ0) is 19.2. The minimum atomic E-state index is -0.682. The van der Waals surface area contributed by atoms with Crippen LogP contribution >= 0.6 is 0 Å². The number of ether oxygens (including phenoxy) is 1. The smallest absolute Gasteiger partial charge is 0.224 e. The van der Waals surface area contributed by atoms with Crippen LogP contribution in [0.25, 0.3) is 0 Å². The van der Waals surface area contributed by atoms with Crippen molar-refractivity contribution in [1.29, 1.82) is 0 Å². The van der Waals surface area contributed by atoms with Crippen molar-refractivity contribution in [3.63, 3.8) is 0 Å². The van der Waals surface area contributed by atoms with Gasteiger partial charge in [-0.3, -0.25) is 0 Å². The zero-order valence-electron chi connectivity index (χ0n) is 15.1. The van der Waals surface area contributed by atoms with Crippen LogP contribution in [0.5, 0.6) is 5.75 Å². The number of hydrogen-bond acceptors (Lipinski definition) is 5. The van der Waals surface area contributed by atoms with E-state index in [1.165, 1.54) is 18.2 Å². The van der Waals surface area contributed by atoms with Crippen LogP contribution in [-0.2, 0) is 6.42 Å². The van der Waals surface area contributed by atoms with Gasteiger partial charge in [-0.15, -0.1) is 0 Å². The van der Waals surface area contributed by atoms with E-state index in [1.54, 1.807) is 20.1 Å². The van der Waals surface area contributed by atoms with Gasteiger partial charge in [0.2, 0.25) is 5.95 Å². The molecule has 5 nitrogen and oxygen atoms in total. The van der Waals surface area contributed by atoms with E-state index < -0.39 is 11.6 Å². The Bertz CT molecular complexity index is 913. The lowest BCUT2D eigenvalue weighted by Gasteiger charge is -2.11. The Morgan fingerprint density at radius 2 is 1.74 bits per heavy atom. The van der Waals surface area contributed by atoms with Gasteiger partial charge in [-0.1, -0.05) is 18.2 Å². The molecular weight excluding hydrogens is 350 g/mol. The summed E-state index contributed by atoms with van der Waals surface area (Å²) >= 11 is 0. The van der Waals surface area contributed by atoms with Gasteiger partial charge in [-0.2, -0.15) is 4.98 Å². The summed E-state index contributed by atoms with van der Waals surface area (Å²) in [5, 5.41) is 5.82. The van der Waals surface area contributed by atoms with E-state index in [9.17, 15) is 8.78 Å². The SMILES string of the molecule is COc1cccc(CCNc2nc(C)cc(Nc3c(F)cccc3F)n2)c1. The zero-order valence-corrected chi connectivity index (χ0v) is 15.1. The third-order valence-electron chi connectivity index (χ3n) is 3.90. The Hall–Kier alpha value is -3.22. The molecule has 0 saturated heterocycles. The van der Waals surface area contributed by atoms with Crippen LogP contribution in [0.15, 0.2) is 48.5 Å². The lowest BCUT2D eigenvalue weighted by molar-refractivity contribution is 0.414. The van der Waals surface area contributed by atoms with Gasteiger partial charge in [0, 0.05) is 18.3 Å². The topological polar surface area (TPSA) is 59.1 Å². The number of halogens is 2. The first-order chi connectivity index (χ1) is 13.0. The summed E-state index contributed by atoms with van der Waals surface area (Å²) in [6, 6.07) is 13.1. The van der Waals surface area contributed by atoms with Crippen LogP contribution < -0.4 is 15.4 Å². The highest BCUT2D eigenvalue weighted by Crippen LogP contribution is 2.23. The van der Waals surface area contributed by atoms with Gasteiger partial charge < -0.3 is 15.4 Å². The summed E-state index contributed by atoms with van der Waals surface area (Å²) in [4.78, 5) is 8.60. The van der Waals surface area contributed by atoms with Gasteiger partial charge in [0.1, 0.15) is 28.9 Å². The Morgan fingerprint density at radius 1 is 1.00 bits per heavy atom. The summed E-state index contributed by atoms with van der Waals surface area (Å²) in [6.07, 6.45) is 0.749. The number of nitrogens with one attached hydrogen (secondary N) is 2. The predicted octanol–water partition coefficient (Wildman–Crippen LogP) is 4.47. The maximum absolute atomic E-state index is 13.8. The maximum atomic E-state index is 13.8. The second-order valence-corrected chi connectivity index (χ2v) is 5.97. The Balaban J connectivity index is 1.68. The quantitative estimate of drug-likeness (QED) is 0.643. The molecule has 1 aromatic heterocycles. The van der Waals surface area contributed by atoms with Gasteiger partial charge in [-0.05, 0) is 43.2 Å². The fourth-order valence-electron chi connectivity index (χ4n) is 2.60. The highest BCUT2D eigenvalue weighted by Gasteiger charge is 2.10. The highest BCUT2D eigenvalue weighted by molar-refractivity contribution is 5.59. The molecule has 0 bridgehead atoms. The number of anilines is 3. The van der Waals surface area contributed by atoms with E-state index in [0.29, 0.717) is 24.0 Å². The lowest BCUT2D eigenvalue weighted by Crippen LogP contribution is -2.10. The van der Waals surface area contributed by atoms with Crippen LogP contribution in [0.2, 0.25) is 0 Å². The molecule has 0 atom stereocenters. The molecule has 0 amide bonds. The van der Waals surface area contributed by atoms with Crippen molar-refractivity contribution in [2.45, 2.75) is 13.3 Å². The summed E-state index contributed by atoms with van der Waals surface area (Å²) in [7, 11) is 1.63. The Morgan fingerprint density at radius 3 is 2.48 bits per heavy atom. The van der Waals surface area contributed by atoms with Gasteiger partial charge >= 0.3 is 0 Å². The molecule has 27 heavy (non-hydrogen) atoms. The molecule has 0 fully saturated rings. The third kappa shape index (κ3) is 4.91. The monoisotopic (exact) mass is 370 g/mol. The Labute approximate surface area is 156 Å². The van der Waals surface area contributed by atoms with Gasteiger partial charge in [0.05, 0.1) is 7.11 Å². The molecule has 2 N–H and O–H groups in total. The number of para-hydroxylation sites is 1. The second-order valence-electron chi connectivity index (χ2n) is 5.97. The largest absolute Gasteiger partial charge is 0.497 e. The van der Waals surface area contributed by atoms with Crippen LogP contribution in [0, 0.1) is 18.6 Å². The first-order valence-corrected chi connectivity index (χ1v) is 8.48. The molecule has 0 aliphatic rings. The van der Waals surface area contributed by atoms with E-state index in [1.807, 2.05) is 24.3 Å². The van der Waals surface area contributed by atoms with Crippen molar-refractivity contribution in [2.75, 3.05) is 24.3 Å². The fraction of sp³-hybridized carbons (Fsp3) is 0.200. The number of aryl methyl sites for hydroxylation is 1. The number of benzene rings is 2. The van der Waals surface area contributed by atoms with E-state index in [2.05, 4.69) is 20.6 Å². The molecule has 0 aliphatic carbocycles. The minimum Gasteiger partial charge on any atom is -0.497 e. The number of methoxy groups -OCH3 is 1. The molecule has 3 aromatic rings. The molecule has 0 aliphatic heterocycles. The summed E-state index contributed by atoms with van der Waals surface area (Å²) in [5.74, 6) is 0.142. The number of nitrogens with zero attached hydrogens (tertiary/aromatic N) is 2. The van der Waals surface area contributed by atoms with Crippen molar-refractivity contribution >= 4 is 17.5 Å². The second kappa shape index (κ2) is 8.44. The number of hydrogen-bond donors (Lipinski definition) is 2. The molecule has 3 rings (SSSR count). The fourth-order valence-corrected chi connectivity index (χ4v) is 2.60. The average molecular weight is 370 g/mol. The summed E-state index contributed by atoms with van der Waals surface area (Å²) < 4.78 is 32.8. The molecule has 7 heteroatoms. The molecule has 0 saturated carbocycles. The normalized spacial score (nSPS) is 10.5. The summed E-state index contributed by atoms with van der Waals surface area (Å²) in [6.45, 7) is 2.39. The maximum Gasteiger partial charge on any atom is 0.224 e. The van der Waals surface area contributed by atoms with Crippen molar-refractivity contribution in [2.24, 2.45) is 0 Å². The lowest BCUT2D eigenvalue weighted by atomic mass is 10.1. The van der Waals surface area contributed by atoms with Crippen molar-refractivity contribution in [3.8, 4) is 5.75 Å². The molecule has 0 spiro atoms. The van der Waals surface area contributed by atoms with Gasteiger partial charge in [-0.25, -0.2) is 13.8 Å². The van der Waals surface area contributed by atoms with Gasteiger partial charge in [0.25, 0.3) is 0 Å². The first-order valence-electron chi connectivity index (χ1n) is 8.48. The molecular formula is C20H20F2N4O. The van der Waals surface area contributed by atoms with Crippen LogP contribution in [-0.4, -0.2) is 23.6 Å². The number of aromatic nitrogens is 2. The van der Waals surface area contributed by atoms with Crippen molar-refractivity contribution in [1.82, 2.24) is 9.97 Å². The van der Waals surface area contributed by atoms with E-state index >= 15 is 0 Å². The average Bonchev–Trinajstić information content (AvgIpc) is 2.65. The van der Waals surface area contributed by atoms with E-state index in [-0.39, 0.29) is 5.69 Å². The molecule has 140 valence electrons. The molecule has 2 aromatic carbocycles. The van der Waals surface area contributed by atoms with Crippen LogP contribution in [0.4, 0.5) is 26.2 Å². The van der Waals surface area contributed by atoms with E-state index in [0.717, 1.165) is 17.7 Å². The highest BCUT2D eigenvalue weighted by atomic mass is 19.1. The summed E-state index contributed by atoms with van der Waals surface area (Å²) in [5.41, 5.74) is 1.55. The van der Waals surface area contributed by atoms with Crippen LogP contribution in [0.1, 0.15) is 11.3 Å². The van der Waals surface area contributed by atoms with Crippen LogP contribution in [0.3, 0.4) is 0 Å². The predicted molar refractivity (Wildman–Crippen MR) is 102 cm³/mol. The van der Waals surface area contributed by atoms with Crippen molar-refractivity contribution < 1.29 is 13.5 Å². The molecule has 0 radical (unpaired) electrons. The molecule has 0 unspecified atom stereocenters. The van der Waals surface area contributed by atoms with E-state index in [4.69, 9.17) is 4.74 Å². The third-order valence-corrected chi connectivity index (χ3v) is 3.90. The first kappa shape index (κ1) is 18.6. The Kier molecular flexibility index (Phi) is 5.80.